The number of halogens is 9. The summed E-state index contributed by atoms with van der Waals surface area (Å²) in [5.41, 5.74) is 2.41. The molecule has 0 aromatic heterocycles. The molecule has 0 atom stereocenters. The zero-order chi connectivity index (χ0) is 24.3. The first kappa shape index (κ1) is 26.6. The molecule has 14 heteroatoms. The molecule has 0 aliphatic carbocycles. The van der Waals surface area contributed by atoms with Gasteiger partial charge >= 0.3 is 33.4 Å². The Bertz CT molecular complexity index is 910. The highest BCUT2D eigenvalue weighted by Gasteiger charge is 2.85. The highest BCUT2D eigenvalue weighted by atomic mass is 32.2. The Morgan fingerprint density at radius 1 is 0.677 bits per heavy atom. The topological polar surface area (TPSA) is 57.6 Å². The van der Waals surface area contributed by atoms with Crippen molar-refractivity contribution in [1.82, 2.24) is 0 Å². The first-order valence-electron chi connectivity index (χ1n) is 7.89. The van der Waals surface area contributed by atoms with Crippen LogP contribution in [0.3, 0.4) is 0 Å². The fraction of sp³-hybridized carbons (Fsp3) is 0.294. The lowest BCUT2D eigenvalue weighted by Crippen LogP contribution is -2.63. The zero-order valence-electron chi connectivity index (χ0n) is 15.3. The second-order valence-corrected chi connectivity index (χ2v) is 7.33. The molecule has 0 fully saturated rings. The summed E-state index contributed by atoms with van der Waals surface area (Å²) in [6.07, 6.45) is -7.13. The van der Waals surface area contributed by atoms with Crippen LogP contribution in [0.25, 0.3) is 0 Å². The predicted octanol–water partition coefficient (Wildman–Crippen LogP) is 5.75. The number of hydrogen-bond donors (Lipinski definition) is 1. The van der Waals surface area contributed by atoms with Crippen molar-refractivity contribution >= 4 is 21.5 Å². The molecular weight excluding hydrogens is 469 g/mol. The van der Waals surface area contributed by atoms with Crippen LogP contribution < -0.4 is 4.90 Å². The summed E-state index contributed by atoms with van der Waals surface area (Å²) in [6, 6.07) is 20.7. The number of para-hydroxylation sites is 2. The molecule has 31 heavy (non-hydrogen) atoms. The van der Waals surface area contributed by atoms with E-state index in [1.54, 1.807) is 0 Å². The Hall–Kier alpha value is -2.48. The van der Waals surface area contributed by atoms with E-state index < -0.39 is 33.4 Å². The minimum absolute atomic E-state index is 1.21. The monoisotopic (exact) mass is 483 g/mol. The summed E-state index contributed by atoms with van der Waals surface area (Å²) in [4.78, 5) is 2.17. The normalized spacial score (nSPS) is 13.3. The molecular formula is C17H14F9NO3S. The maximum Gasteiger partial charge on any atom is 0.460 e. The van der Waals surface area contributed by atoms with Gasteiger partial charge in [0.15, 0.2) is 0 Å². The van der Waals surface area contributed by atoms with E-state index in [4.69, 9.17) is 4.55 Å². The summed E-state index contributed by atoms with van der Waals surface area (Å²) < 4.78 is 134. The quantitative estimate of drug-likeness (QED) is 0.435. The first-order chi connectivity index (χ1) is 13.9. The van der Waals surface area contributed by atoms with E-state index in [1.165, 1.54) is 11.4 Å². The molecule has 1 N–H and O–H groups in total. The number of rotatable bonds is 5. The number of benzene rings is 2. The molecule has 0 spiro atoms. The molecule has 0 aliphatic rings. The summed E-state index contributed by atoms with van der Waals surface area (Å²) in [7, 11) is -5.09. The number of alkyl halides is 9. The lowest BCUT2D eigenvalue weighted by molar-refractivity contribution is -0.382. The maximum absolute atomic E-state index is 12.2. The van der Waals surface area contributed by atoms with E-state index in [0.29, 0.717) is 0 Å². The average Bonchev–Trinajstić information content (AvgIpc) is 2.67. The van der Waals surface area contributed by atoms with E-state index in [0.717, 1.165) is 0 Å². The Labute approximate surface area is 170 Å². The summed E-state index contributed by atoms with van der Waals surface area (Å²) >= 11 is 0. The minimum atomic E-state index is -7.37. The SMILES string of the molecule is CN(c1ccccc1)c1ccccc1.O=S(=O)(O)C(F)(F)C(F)(F)C(F)(F)C(F)(F)F. The Morgan fingerprint density at radius 2 is 1.00 bits per heavy atom. The second-order valence-electron chi connectivity index (χ2n) is 5.87. The fourth-order valence-corrected chi connectivity index (χ4v) is 2.43. The molecule has 2 aromatic rings. The van der Waals surface area contributed by atoms with Crippen molar-refractivity contribution in [3.8, 4) is 0 Å². The van der Waals surface area contributed by atoms with Gasteiger partial charge in [-0.25, -0.2) is 0 Å². The summed E-state index contributed by atoms with van der Waals surface area (Å²) in [5.74, 6) is -14.7. The fourth-order valence-electron chi connectivity index (χ4n) is 1.98. The second kappa shape index (κ2) is 8.94. The third-order valence-electron chi connectivity index (χ3n) is 3.73. The molecule has 2 rings (SSSR count). The van der Waals surface area contributed by atoms with Crippen LogP contribution in [0.5, 0.6) is 0 Å². The largest absolute Gasteiger partial charge is 0.460 e. The molecule has 0 bridgehead atoms. The van der Waals surface area contributed by atoms with Crippen molar-refractivity contribution in [3.63, 3.8) is 0 Å². The van der Waals surface area contributed by atoms with E-state index >= 15 is 0 Å². The highest BCUT2D eigenvalue weighted by Crippen LogP contribution is 2.54. The van der Waals surface area contributed by atoms with Crippen LogP contribution in [0.4, 0.5) is 50.9 Å². The molecule has 4 nitrogen and oxygen atoms in total. The van der Waals surface area contributed by atoms with Gasteiger partial charge in [-0.05, 0) is 24.3 Å². The number of nitrogens with zero attached hydrogens (tertiary/aromatic N) is 1. The van der Waals surface area contributed by atoms with Crippen molar-refractivity contribution in [2.45, 2.75) is 23.3 Å². The van der Waals surface area contributed by atoms with Crippen LogP contribution in [-0.2, 0) is 10.1 Å². The predicted molar refractivity (Wildman–Crippen MR) is 93.4 cm³/mol. The third-order valence-corrected chi connectivity index (χ3v) is 4.63. The number of anilines is 2. The molecule has 0 saturated carbocycles. The molecule has 0 heterocycles. The molecule has 0 unspecified atom stereocenters. The average molecular weight is 483 g/mol. The van der Waals surface area contributed by atoms with Crippen LogP contribution in [0, 0.1) is 0 Å². The van der Waals surface area contributed by atoms with Gasteiger partial charge in [0.1, 0.15) is 0 Å². The lowest BCUT2D eigenvalue weighted by Gasteiger charge is -2.31. The van der Waals surface area contributed by atoms with Gasteiger partial charge in [0, 0.05) is 18.4 Å². The van der Waals surface area contributed by atoms with Crippen molar-refractivity contribution in [2.75, 3.05) is 11.9 Å². The molecule has 0 amide bonds. The Balaban J connectivity index is 0.000000314. The molecule has 0 aliphatic heterocycles. The van der Waals surface area contributed by atoms with Gasteiger partial charge in [0.2, 0.25) is 0 Å². The molecule has 2 aromatic carbocycles. The van der Waals surface area contributed by atoms with Crippen LogP contribution in [0.1, 0.15) is 0 Å². The van der Waals surface area contributed by atoms with E-state index in [2.05, 4.69) is 60.5 Å². The smallest absolute Gasteiger partial charge is 0.345 e. The van der Waals surface area contributed by atoms with Gasteiger partial charge in [-0.15, -0.1) is 0 Å². The van der Waals surface area contributed by atoms with Crippen LogP contribution in [-0.4, -0.2) is 43.3 Å². The summed E-state index contributed by atoms with van der Waals surface area (Å²) in [5, 5.41) is -7.00. The highest BCUT2D eigenvalue weighted by molar-refractivity contribution is 7.87. The van der Waals surface area contributed by atoms with Gasteiger partial charge in [-0.2, -0.15) is 47.9 Å². The first-order valence-corrected chi connectivity index (χ1v) is 9.33. The lowest BCUT2D eigenvalue weighted by atomic mass is 10.1. The minimum Gasteiger partial charge on any atom is -0.345 e. The van der Waals surface area contributed by atoms with Crippen LogP contribution in [0.2, 0.25) is 0 Å². The van der Waals surface area contributed by atoms with Gasteiger partial charge in [-0.1, -0.05) is 36.4 Å². The maximum atomic E-state index is 12.2. The van der Waals surface area contributed by atoms with Gasteiger partial charge in [0.25, 0.3) is 0 Å². The standard InChI is InChI=1S/C13H13N.C4HF9O3S/c1-14(12-8-4-2-5-9-12)13-10-6-3-7-11-13;5-1(6,3(9,10)11)2(7,8)4(12,13)17(14,15)16/h2-11H,1H3;(H,14,15,16). The van der Waals surface area contributed by atoms with Crippen molar-refractivity contribution in [2.24, 2.45) is 0 Å². The van der Waals surface area contributed by atoms with Crippen molar-refractivity contribution in [1.29, 1.82) is 0 Å². The third kappa shape index (κ3) is 5.42. The number of hydrogen-bond acceptors (Lipinski definition) is 3. The van der Waals surface area contributed by atoms with Crippen molar-refractivity contribution < 1.29 is 52.5 Å². The van der Waals surface area contributed by atoms with Crippen LogP contribution in [0.15, 0.2) is 60.7 Å². The summed E-state index contributed by atoms with van der Waals surface area (Å²) in [6.45, 7) is 0. The van der Waals surface area contributed by atoms with Gasteiger partial charge in [-0.3, -0.25) is 4.55 Å². The van der Waals surface area contributed by atoms with Crippen molar-refractivity contribution in [3.05, 3.63) is 60.7 Å². The Morgan fingerprint density at radius 3 is 1.26 bits per heavy atom. The van der Waals surface area contributed by atoms with E-state index in [9.17, 15) is 47.9 Å². The van der Waals surface area contributed by atoms with E-state index in [1.807, 2.05) is 12.1 Å². The van der Waals surface area contributed by atoms with Crippen LogP contribution >= 0.6 is 0 Å². The Kier molecular flexibility index (Phi) is 7.66. The van der Waals surface area contributed by atoms with Gasteiger partial charge < -0.3 is 4.90 Å². The van der Waals surface area contributed by atoms with Gasteiger partial charge in [0.05, 0.1) is 0 Å². The molecule has 0 radical (unpaired) electrons. The zero-order valence-corrected chi connectivity index (χ0v) is 16.1. The molecule has 0 saturated heterocycles. The molecule has 174 valence electrons. The van der Waals surface area contributed by atoms with E-state index in [-0.39, 0.29) is 0 Å².